The van der Waals surface area contributed by atoms with Gasteiger partial charge in [0, 0.05) is 22.6 Å². The normalized spacial score (nSPS) is 11.2. The van der Waals surface area contributed by atoms with Crippen molar-refractivity contribution >= 4 is 34.6 Å². The van der Waals surface area contributed by atoms with Crippen LogP contribution in [-0.4, -0.2) is 20.7 Å². The topological polar surface area (TPSA) is 41.6 Å². The van der Waals surface area contributed by atoms with E-state index in [4.69, 9.17) is 0 Å². The van der Waals surface area contributed by atoms with Crippen molar-refractivity contribution in [3.63, 3.8) is 0 Å². The van der Waals surface area contributed by atoms with Crippen molar-refractivity contribution in [3.8, 4) is 0 Å². The monoisotopic (exact) mass is 405 g/mol. The summed E-state index contributed by atoms with van der Waals surface area (Å²) in [7, 11) is 0. The molecule has 2 aromatic heterocycles. The summed E-state index contributed by atoms with van der Waals surface area (Å²) in [6, 6.07) is 21.0. The van der Waals surface area contributed by atoms with Gasteiger partial charge in [0.15, 0.2) is 5.16 Å². The summed E-state index contributed by atoms with van der Waals surface area (Å²) in [6.45, 7) is 2.22. The van der Waals surface area contributed by atoms with Gasteiger partial charge in [0.1, 0.15) is 0 Å². The zero-order valence-corrected chi connectivity index (χ0v) is 17.5. The Bertz CT molecular complexity index is 1010. The third-order valence-electron chi connectivity index (χ3n) is 4.66. The van der Waals surface area contributed by atoms with Gasteiger partial charge in [-0.1, -0.05) is 61.2 Å². The van der Waals surface area contributed by atoms with E-state index in [9.17, 15) is 0 Å². The highest BCUT2D eigenvalue weighted by Crippen LogP contribution is 2.29. The number of para-hydroxylation sites is 2. The predicted octanol–water partition coefficient (Wildman–Crippen LogP) is 6.15. The van der Waals surface area contributed by atoms with E-state index in [0.717, 1.165) is 46.2 Å². The van der Waals surface area contributed by atoms with E-state index in [0.29, 0.717) is 0 Å². The highest BCUT2D eigenvalue weighted by molar-refractivity contribution is 7.99. The molecule has 2 aromatic carbocycles. The highest BCUT2D eigenvalue weighted by Gasteiger charge is 2.11. The fraction of sp³-hybridized carbons (Fsp3) is 0.217. The number of nitrogens with zero attached hydrogens (tertiary/aromatic N) is 2. The molecule has 142 valence electrons. The van der Waals surface area contributed by atoms with Crippen LogP contribution in [0.2, 0.25) is 0 Å². The van der Waals surface area contributed by atoms with Crippen LogP contribution < -0.4 is 0 Å². The Morgan fingerprint density at radius 2 is 1.75 bits per heavy atom. The molecule has 0 fully saturated rings. The summed E-state index contributed by atoms with van der Waals surface area (Å²) >= 11 is 3.65. The van der Waals surface area contributed by atoms with Crippen LogP contribution in [0.15, 0.2) is 76.9 Å². The Morgan fingerprint density at radius 1 is 0.929 bits per heavy atom. The molecule has 0 radical (unpaired) electrons. The SMILES string of the molecule is CCc1c(SCCc2ccccc2)ccnc1CSc1nc2ccccc2[nH]1. The molecule has 0 atom stereocenters. The molecule has 0 saturated heterocycles. The van der Waals surface area contributed by atoms with Gasteiger partial charge in [0.2, 0.25) is 0 Å². The Labute approximate surface area is 174 Å². The van der Waals surface area contributed by atoms with Crippen LogP contribution in [-0.2, 0) is 18.6 Å². The fourth-order valence-corrected chi connectivity index (χ4v) is 5.23. The van der Waals surface area contributed by atoms with E-state index in [-0.39, 0.29) is 0 Å². The lowest BCUT2D eigenvalue weighted by Gasteiger charge is -2.12. The molecule has 28 heavy (non-hydrogen) atoms. The quantitative estimate of drug-likeness (QED) is 0.357. The zero-order chi connectivity index (χ0) is 19.2. The van der Waals surface area contributed by atoms with Crippen molar-refractivity contribution in [2.24, 2.45) is 0 Å². The molecule has 0 unspecified atom stereocenters. The van der Waals surface area contributed by atoms with Gasteiger partial charge in [0.05, 0.1) is 16.7 Å². The van der Waals surface area contributed by atoms with E-state index in [2.05, 4.69) is 64.3 Å². The van der Waals surface area contributed by atoms with E-state index in [1.807, 2.05) is 36.2 Å². The second-order valence-electron chi connectivity index (χ2n) is 6.52. The second kappa shape index (κ2) is 9.30. The van der Waals surface area contributed by atoms with Gasteiger partial charge in [-0.3, -0.25) is 4.98 Å². The number of benzene rings is 2. The lowest BCUT2D eigenvalue weighted by atomic mass is 10.1. The summed E-state index contributed by atoms with van der Waals surface area (Å²) in [5.74, 6) is 1.91. The molecular weight excluding hydrogens is 382 g/mol. The minimum absolute atomic E-state index is 0.829. The van der Waals surface area contributed by atoms with Crippen molar-refractivity contribution in [2.45, 2.75) is 35.6 Å². The molecule has 0 aliphatic heterocycles. The van der Waals surface area contributed by atoms with E-state index < -0.39 is 0 Å². The number of rotatable bonds is 8. The first-order chi connectivity index (χ1) is 13.8. The summed E-state index contributed by atoms with van der Waals surface area (Å²) in [5, 5.41) is 0.951. The van der Waals surface area contributed by atoms with Crippen molar-refractivity contribution in [2.75, 3.05) is 5.75 Å². The third-order valence-corrected chi connectivity index (χ3v) is 6.65. The van der Waals surface area contributed by atoms with Crippen LogP contribution in [0.4, 0.5) is 0 Å². The minimum atomic E-state index is 0.829. The molecule has 0 saturated carbocycles. The van der Waals surface area contributed by atoms with Gasteiger partial charge in [-0.2, -0.15) is 0 Å². The van der Waals surface area contributed by atoms with Crippen molar-refractivity contribution in [3.05, 3.63) is 83.7 Å². The summed E-state index contributed by atoms with van der Waals surface area (Å²) in [4.78, 5) is 14.1. The number of fused-ring (bicyclic) bond motifs is 1. The molecule has 4 aromatic rings. The van der Waals surface area contributed by atoms with Crippen LogP contribution in [0.25, 0.3) is 11.0 Å². The molecular formula is C23H23N3S2. The van der Waals surface area contributed by atoms with Crippen molar-refractivity contribution in [1.29, 1.82) is 0 Å². The lowest BCUT2D eigenvalue weighted by Crippen LogP contribution is -1.99. The van der Waals surface area contributed by atoms with Crippen LogP contribution in [0, 0.1) is 0 Å². The van der Waals surface area contributed by atoms with Gasteiger partial charge in [-0.25, -0.2) is 4.98 Å². The Balaban J connectivity index is 1.42. The standard InChI is InChI=1S/C23H23N3S2/c1-2-18-21(16-28-23-25-19-10-6-7-11-20(19)26-23)24-14-12-22(18)27-15-13-17-8-4-3-5-9-17/h3-12,14H,2,13,15-16H2,1H3,(H,25,26). The Hall–Kier alpha value is -2.24. The molecule has 4 rings (SSSR count). The number of nitrogens with one attached hydrogen (secondary N) is 1. The number of thioether (sulfide) groups is 2. The summed E-state index contributed by atoms with van der Waals surface area (Å²) in [6.07, 6.45) is 4.02. The molecule has 2 heterocycles. The predicted molar refractivity (Wildman–Crippen MR) is 120 cm³/mol. The number of pyridine rings is 1. The molecule has 0 amide bonds. The maximum atomic E-state index is 4.67. The van der Waals surface area contributed by atoms with E-state index in [1.54, 1.807) is 11.8 Å². The summed E-state index contributed by atoms with van der Waals surface area (Å²) < 4.78 is 0. The lowest BCUT2D eigenvalue weighted by molar-refractivity contribution is 0.981. The molecule has 0 bridgehead atoms. The smallest absolute Gasteiger partial charge is 0.166 e. The Kier molecular flexibility index (Phi) is 6.34. The zero-order valence-electron chi connectivity index (χ0n) is 15.9. The van der Waals surface area contributed by atoms with Gasteiger partial charge in [-0.15, -0.1) is 11.8 Å². The van der Waals surface area contributed by atoms with Gasteiger partial charge >= 0.3 is 0 Å². The number of hydrogen-bond acceptors (Lipinski definition) is 4. The van der Waals surface area contributed by atoms with Crippen LogP contribution >= 0.6 is 23.5 Å². The molecule has 0 aliphatic carbocycles. The first-order valence-corrected chi connectivity index (χ1v) is 11.5. The first kappa shape index (κ1) is 19.1. The number of imidazole rings is 1. The fourth-order valence-electron chi connectivity index (χ4n) is 3.21. The molecule has 1 N–H and O–H groups in total. The minimum Gasteiger partial charge on any atom is -0.333 e. The average Bonchev–Trinajstić information content (AvgIpc) is 3.16. The molecule has 0 spiro atoms. The first-order valence-electron chi connectivity index (χ1n) is 9.54. The van der Waals surface area contributed by atoms with Gasteiger partial charge in [-0.05, 0) is 42.2 Å². The number of aromatic nitrogens is 3. The second-order valence-corrected chi connectivity index (χ2v) is 8.62. The highest BCUT2D eigenvalue weighted by atomic mass is 32.2. The summed E-state index contributed by atoms with van der Waals surface area (Å²) in [5.41, 5.74) is 6.02. The molecule has 5 heteroatoms. The molecule has 3 nitrogen and oxygen atoms in total. The largest absolute Gasteiger partial charge is 0.333 e. The van der Waals surface area contributed by atoms with E-state index in [1.165, 1.54) is 16.0 Å². The average molecular weight is 406 g/mol. The number of aryl methyl sites for hydroxylation is 1. The third kappa shape index (κ3) is 4.59. The van der Waals surface area contributed by atoms with Crippen LogP contribution in [0.5, 0.6) is 0 Å². The van der Waals surface area contributed by atoms with Gasteiger partial charge in [0.25, 0.3) is 0 Å². The van der Waals surface area contributed by atoms with Crippen LogP contribution in [0.1, 0.15) is 23.7 Å². The molecule has 0 aliphatic rings. The number of hydrogen-bond donors (Lipinski definition) is 1. The van der Waals surface area contributed by atoms with Gasteiger partial charge < -0.3 is 4.98 Å². The van der Waals surface area contributed by atoms with Crippen LogP contribution in [0.3, 0.4) is 0 Å². The number of H-pyrrole nitrogens is 1. The maximum Gasteiger partial charge on any atom is 0.166 e. The maximum absolute atomic E-state index is 4.67. The van der Waals surface area contributed by atoms with Crippen molar-refractivity contribution < 1.29 is 0 Å². The number of aromatic amines is 1. The van der Waals surface area contributed by atoms with Crippen molar-refractivity contribution in [1.82, 2.24) is 15.0 Å². The van der Waals surface area contributed by atoms with E-state index >= 15 is 0 Å². The Morgan fingerprint density at radius 3 is 2.57 bits per heavy atom.